The molecule has 0 atom stereocenters. The van der Waals surface area contributed by atoms with Crippen LogP contribution < -0.4 is 4.90 Å². The standard InChI is InChI=1S/C11H12ClNO/c1-8-2-3-10-9(6-8)4-5-13(10)11(14)7-12/h2-3,6H,4-5,7H2,1H3. The maximum absolute atomic E-state index is 11.5. The molecule has 0 unspecified atom stereocenters. The maximum Gasteiger partial charge on any atom is 0.241 e. The Morgan fingerprint density at radius 1 is 1.57 bits per heavy atom. The number of carbonyl (C=O) groups excluding carboxylic acids is 1. The number of fused-ring (bicyclic) bond motifs is 1. The first-order valence-electron chi connectivity index (χ1n) is 4.68. The fourth-order valence-corrected chi connectivity index (χ4v) is 2.01. The van der Waals surface area contributed by atoms with Gasteiger partial charge in [-0.2, -0.15) is 0 Å². The van der Waals surface area contributed by atoms with Crippen LogP contribution in [0.15, 0.2) is 18.2 Å². The van der Waals surface area contributed by atoms with E-state index in [1.807, 2.05) is 12.1 Å². The van der Waals surface area contributed by atoms with Gasteiger partial charge in [0.1, 0.15) is 5.88 Å². The predicted octanol–water partition coefficient (Wildman–Crippen LogP) is 2.12. The largest absolute Gasteiger partial charge is 0.311 e. The van der Waals surface area contributed by atoms with Crippen LogP contribution in [0.3, 0.4) is 0 Å². The number of aryl methyl sites for hydroxylation is 1. The van der Waals surface area contributed by atoms with Crippen molar-refractivity contribution in [1.29, 1.82) is 0 Å². The molecule has 1 aliphatic rings. The van der Waals surface area contributed by atoms with Crippen LogP contribution in [-0.4, -0.2) is 18.3 Å². The number of anilines is 1. The van der Waals surface area contributed by atoms with Gasteiger partial charge in [-0.3, -0.25) is 4.79 Å². The van der Waals surface area contributed by atoms with Crippen molar-refractivity contribution >= 4 is 23.2 Å². The van der Waals surface area contributed by atoms with Gasteiger partial charge in [0.15, 0.2) is 0 Å². The number of halogens is 1. The molecule has 0 bridgehead atoms. The average molecular weight is 210 g/mol. The van der Waals surface area contributed by atoms with Gasteiger partial charge in [0.05, 0.1) is 0 Å². The van der Waals surface area contributed by atoms with Gasteiger partial charge in [-0.1, -0.05) is 17.7 Å². The van der Waals surface area contributed by atoms with E-state index >= 15 is 0 Å². The monoisotopic (exact) mass is 209 g/mol. The van der Waals surface area contributed by atoms with E-state index in [9.17, 15) is 4.79 Å². The minimum Gasteiger partial charge on any atom is -0.311 e. The molecule has 2 nitrogen and oxygen atoms in total. The van der Waals surface area contributed by atoms with Crippen molar-refractivity contribution in [3.63, 3.8) is 0 Å². The Morgan fingerprint density at radius 2 is 2.36 bits per heavy atom. The highest BCUT2D eigenvalue weighted by Gasteiger charge is 2.23. The van der Waals surface area contributed by atoms with Crippen molar-refractivity contribution in [3.8, 4) is 0 Å². The second kappa shape index (κ2) is 3.62. The molecule has 0 saturated carbocycles. The summed E-state index contributed by atoms with van der Waals surface area (Å²) in [6.45, 7) is 2.83. The smallest absolute Gasteiger partial charge is 0.241 e. The molecule has 1 amide bonds. The van der Waals surface area contributed by atoms with Gasteiger partial charge >= 0.3 is 0 Å². The summed E-state index contributed by atoms with van der Waals surface area (Å²) in [4.78, 5) is 13.2. The molecule has 0 spiro atoms. The lowest BCUT2D eigenvalue weighted by molar-refractivity contribution is -0.116. The van der Waals surface area contributed by atoms with Crippen molar-refractivity contribution < 1.29 is 4.79 Å². The number of alkyl halides is 1. The lowest BCUT2D eigenvalue weighted by atomic mass is 10.1. The summed E-state index contributed by atoms with van der Waals surface area (Å²) in [6, 6.07) is 6.16. The summed E-state index contributed by atoms with van der Waals surface area (Å²) < 4.78 is 0. The van der Waals surface area contributed by atoms with E-state index < -0.39 is 0 Å². The molecule has 1 aliphatic heterocycles. The van der Waals surface area contributed by atoms with E-state index in [0.29, 0.717) is 0 Å². The van der Waals surface area contributed by atoms with Crippen LogP contribution >= 0.6 is 11.6 Å². The molecule has 1 aromatic carbocycles. The van der Waals surface area contributed by atoms with E-state index in [1.54, 1.807) is 4.90 Å². The molecule has 0 aliphatic carbocycles. The van der Waals surface area contributed by atoms with Gasteiger partial charge in [0, 0.05) is 12.2 Å². The molecule has 0 radical (unpaired) electrons. The zero-order valence-electron chi connectivity index (χ0n) is 8.09. The Bertz CT molecular complexity index is 376. The first kappa shape index (κ1) is 9.53. The molecule has 14 heavy (non-hydrogen) atoms. The molecule has 1 heterocycles. The number of rotatable bonds is 1. The van der Waals surface area contributed by atoms with E-state index in [-0.39, 0.29) is 11.8 Å². The number of hydrogen-bond acceptors (Lipinski definition) is 1. The van der Waals surface area contributed by atoms with E-state index in [0.717, 1.165) is 18.7 Å². The van der Waals surface area contributed by atoms with Crippen molar-refractivity contribution in [2.45, 2.75) is 13.3 Å². The lowest BCUT2D eigenvalue weighted by Gasteiger charge is -2.15. The summed E-state index contributed by atoms with van der Waals surface area (Å²) in [6.07, 6.45) is 0.944. The van der Waals surface area contributed by atoms with Crippen LogP contribution in [0.4, 0.5) is 5.69 Å². The lowest BCUT2D eigenvalue weighted by Crippen LogP contribution is -2.29. The molecule has 0 aromatic heterocycles. The van der Waals surface area contributed by atoms with E-state index in [2.05, 4.69) is 13.0 Å². The Labute approximate surface area is 88.5 Å². The zero-order chi connectivity index (χ0) is 10.1. The summed E-state index contributed by atoms with van der Waals surface area (Å²) in [5, 5.41) is 0. The van der Waals surface area contributed by atoms with Crippen molar-refractivity contribution in [2.24, 2.45) is 0 Å². The highest BCUT2D eigenvalue weighted by Crippen LogP contribution is 2.28. The number of nitrogens with zero attached hydrogens (tertiary/aromatic N) is 1. The molecular weight excluding hydrogens is 198 g/mol. The predicted molar refractivity (Wildman–Crippen MR) is 58.0 cm³/mol. The Kier molecular flexibility index (Phi) is 2.46. The summed E-state index contributed by atoms with van der Waals surface area (Å²) in [5.41, 5.74) is 3.52. The molecule has 3 heteroatoms. The summed E-state index contributed by atoms with van der Waals surface area (Å²) in [7, 11) is 0. The van der Waals surface area contributed by atoms with Crippen molar-refractivity contribution in [3.05, 3.63) is 29.3 Å². The number of amides is 1. The minimum atomic E-state index is -0.00531. The third kappa shape index (κ3) is 1.50. The highest BCUT2D eigenvalue weighted by atomic mass is 35.5. The van der Waals surface area contributed by atoms with Gasteiger partial charge in [0.2, 0.25) is 5.91 Å². The number of hydrogen-bond donors (Lipinski definition) is 0. The SMILES string of the molecule is Cc1ccc2c(c1)CCN2C(=O)CCl. The maximum atomic E-state index is 11.5. The molecule has 74 valence electrons. The number of carbonyl (C=O) groups is 1. The van der Waals surface area contributed by atoms with E-state index in [1.165, 1.54) is 11.1 Å². The van der Waals surface area contributed by atoms with Crippen LogP contribution in [0.2, 0.25) is 0 Å². The van der Waals surface area contributed by atoms with Crippen LogP contribution in [-0.2, 0) is 11.2 Å². The van der Waals surface area contributed by atoms with Gasteiger partial charge in [-0.05, 0) is 25.0 Å². The van der Waals surface area contributed by atoms with Gasteiger partial charge in [-0.15, -0.1) is 11.6 Å². The third-order valence-electron chi connectivity index (χ3n) is 2.55. The molecule has 0 N–H and O–H groups in total. The summed E-state index contributed by atoms with van der Waals surface area (Å²) >= 11 is 5.54. The number of benzene rings is 1. The first-order valence-corrected chi connectivity index (χ1v) is 5.21. The Morgan fingerprint density at radius 3 is 3.07 bits per heavy atom. The summed E-state index contributed by atoms with van der Waals surface area (Å²) in [5.74, 6) is 0.0575. The topological polar surface area (TPSA) is 20.3 Å². The Hall–Kier alpha value is -1.02. The van der Waals surface area contributed by atoms with Crippen LogP contribution in [0.25, 0.3) is 0 Å². The fraction of sp³-hybridized carbons (Fsp3) is 0.364. The second-order valence-corrected chi connectivity index (χ2v) is 3.83. The van der Waals surface area contributed by atoms with Crippen LogP contribution in [0.5, 0.6) is 0 Å². The Balaban J connectivity index is 2.35. The minimum absolute atomic E-state index is 0.00531. The molecule has 1 aromatic rings. The van der Waals surface area contributed by atoms with Gasteiger partial charge in [0.25, 0.3) is 0 Å². The van der Waals surface area contributed by atoms with Crippen LogP contribution in [0.1, 0.15) is 11.1 Å². The molecule has 0 saturated heterocycles. The molecule has 2 rings (SSSR count). The second-order valence-electron chi connectivity index (χ2n) is 3.56. The van der Waals surface area contributed by atoms with Crippen molar-refractivity contribution in [2.75, 3.05) is 17.3 Å². The van der Waals surface area contributed by atoms with E-state index in [4.69, 9.17) is 11.6 Å². The molecule has 0 fully saturated rings. The fourth-order valence-electron chi connectivity index (χ4n) is 1.86. The zero-order valence-corrected chi connectivity index (χ0v) is 8.84. The van der Waals surface area contributed by atoms with Crippen molar-refractivity contribution in [1.82, 2.24) is 0 Å². The van der Waals surface area contributed by atoms with Gasteiger partial charge in [-0.25, -0.2) is 0 Å². The van der Waals surface area contributed by atoms with Gasteiger partial charge < -0.3 is 4.90 Å². The normalized spacial score (nSPS) is 14.3. The van der Waals surface area contributed by atoms with Crippen LogP contribution in [0, 0.1) is 6.92 Å². The third-order valence-corrected chi connectivity index (χ3v) is 2.77. The quantitative estimate of drug-likeness (QED) is 0.649. The average Bonchev–Trinajstić information content (AvgIpc) is 2.59. The first-order chi connectivity index (χ1) is 6.72. The highest BCUT2D eigenvalue weighted by molar-refractivity contribution is 6.29. The molecular formula is C11H12ClNO.